The maximum atomic E-state index is 5.68. The quantitative estimate of drug-likeness (QED) is 0.896. The van der Waals surface area contributed by atoms with Crippen molar-refractivity contribution in [3.63, 3.8) is 0 Å². The van der Waals surface area contributed by atoms with E-state index >= 15 is 0 Å². The molecule has 0 unspecified atom stereocenters. The molecule has 0 bridgehead atoms. The number of hydrogen-bond donors (Lipinski definition) is 1. The number of benzene rings is 1. The number of hydrogen-bond acceptors (Lipinski definition) is 3. The molecule has 0 aliphatic rings. The Hall–Kier alpha value is -1.74. The molecule has 1 heterocycles. The molecule has 3 heteroatoms. The molecule has 21 heavy (non-hydrogen) atoms. The molecule has 0 aliphatic heterocycles. The second-order valence-electron chi connectivity index (χ2n) is 6.62. The van der Waals surface area contributed by atoms with Crippen molar-refractivity contribution in [3.8, 4) is 0 Å². The van der Waals surface area contributed by atoms with Crippen LogP contribution >= 0.6 is 0 Å². The van der Waals surface area contributed by atoms with Gasteiger partial charge in [-0.15, -0.1) is 0 Å². The van der Waals surface area contributed by atoms with Crippen LogP contribution in [-0.2, 0) is 13.1 Å². The van der Waals surface area contributed by atoms with E-state index in [4.69, 9.17) is 4.42 Å². The third kappa shape index (κ3) is 4.36. The number of nitrogens with one attached hydrogen (secondary N) is 1. The standard InChI is InChI=1S/C18H26N2O/c1-14-8-6-7-9-16(14)20(5)13-17-15(10-11-21-17)12-19-18(2,3)4/h6-11,19H,12-13H2,1-5H3. The summed E-state index contributed by atoms with van der Waals surface area (Å²) in [4.78, 5) is 2.23. The summed E-state index contributed by atoms with van der Waals surface area (Å²) >= 11 is 0. The average Bonchev–Trinajstić information content (AvgIpc) is 2.83. The van der Waals surface area contributed by atoms with Crippen molar-refractivity contribution in [2.45, 2.75) is 46.3 Å². The average molecular weight is 286 g/mol. The first-order valence-corrected chi connectivity index (χ1v) is 7.44. The minimum absolute atomic E-state index is 0.108. The van der Waals surface area contributed by atoms with Gasteiger partial charge in [0.25, 0.3) is 0 Å². The summed E-state index contributed by atoms with van der Waals surface area (Å²) in [6.45, 7) is 10.3. The van der Waals surface area contributed by atoms with Crippen LogP contribution in [0.1, 0.15) is 37.7 Å². The molecule has 0 atom stereocenters. The van der Waals surface area contributed by atoms with Crippen molar-refractivity contribution in [1.82, 2.24) is 5.32 Å². The minimum atomic E-state index is 0.108. The summed E-state index contributed by atoms with van der Waals surface area (Å²) in [5, 5.41) is 3.51. The molecule has 0 fully saturated rings. The van der Waals surface area contributed by atoms with Gasteiger partial charge in [-0.1, -0.05) is 18.2 Å². The van der Waals surface area contributed by atoms with E-state index in [1.807, 2.05) is 0 Å². The number of aryl methyl sites for hydroxylation is 1. The fourth-order valence-corrected chi connectivity index (χ4v) is 2.32. The molecular formula is C18H26N2O. The number of anilines is 1. The molecule has 1 aromatic heterocycles. The van der Waals surface area contributed by atoms with Gasteiger partial charge in [0.1, 0.15) is 5.76 Å². The first-order chi connectivity index (χ1) is 9.87. The van der Waals surface area contributed by atoms with Gasteiger partial charge < -0.3 is 14.6 Å². The van der Waals surface area contributed by atoms with Crippen LogP contribution in [0.4, 0.5) is 5.69 Å². The van der Waals surface area contributed by atoms with Gasteiger partial charge in [0.05, 0.1) is 12.8 Å². The Kier molecular flexibility index (Phi) is 4.73. The zero-order valence-corrected chi connectivity index (χ0v) is 13.7. The molecule has 0 amide bonds. The van der Waals surface area contributed by atoms with Crippen molar-refractivity contribution in [2.75, 3.05) is 11.9 Å². The Labute approximate surface area is 128 Å². The van der Waals surface area contributed by atoms with Crippen LogP contribution in [0, 0.1) is 6.92 Å². The highest BCUT2D eigenvalue weighted by atomic mass is 16.3. The summed E-state index contributed by atoms with van der Waals surface area (Å²) in [7, 11) is 2.10. The Morgan fingerprint density at radius 2 is 1.86 bits per heavy atom. The molecule has 114 valence electrons. The third-order valence-electron chi connectivity index (χ3n) is 3.55. The fraction of sp³-hybridized carbons (Fsp3) is 0.444. The smallest absolute Gasteiger partial charge is 0.127 e. The highest BCUT2D eigenvalue weighted by Crippen LogP contribution is 2.22. The summed E-state index contributed by atoms with van der Waals surface area (Å²) < 4.78 is 5.68. The highest BCUT2D eigenvalue weighted by Gasteiger charge is 2.14. The van der Waals surface area contributed by atoms with Crippen molar-refractivity contribution in [3.05, 3.63) is 53.5 Å². The molecular weight excluding hydrogens is 260 g/mol. The SMILES string of the molecule is Cc1ccccc1N(C)Cc1occc1CNC(C)(C)C. The molecule has 2 rings (SSSR count). The number of para-hydroxylation sites is 1. The third-order valence-corrected chi connectivity index (χ3v) is 3.55. The van der Waals surface area contributed by atoms with E-state index in [9.17, 15) is 0 Å². The van der Waals surface area contributed by atoms with Gasteiger partial charge in [-0.2, -0.15) is 0 Å². The Bertz CT molecular complexity index is 581. The van der Waals surface area contributed by atoms with Gasteiger partial charge in [-0.25, -0.2) is 0 Å². The van der Waals surface area contributed by atoms with Crippen LogP contribution < -0.4 is 10.2 Å². The van der Waals surface area contributed by atoms with Gasteiger partial charge in [0, 0.05) is 30.4 Å². The second-order valence-corrected chi connectivity index (χ2v) is 6.62. The fourth-order valence-electron chi connectivity index (χ4n) is 2.32. The first kappa shape index (κ1) is 15.6. The van der Waals surface area contributed by atoms with Crippen LogP contribution in [0.5, 0.6) is 0 Å². The predicted molar refractivity (Wildman–Crippen MR) is 88.6 cm³/mol. The maximum absolute atomic E-state index is 5.68. The summed E-state index contributed by atoms with van der Waals surface area (Å²) in [6.07, 6.45) is 1.78. The summed E-state index contributed by atoms with van der Waals surface area (Å²) in [5.41, 5.74) is 3.85. The van der Waals surface area contributed by atoms with Gasteiger partial charge in [0.2, 0.25) is 0 Å². The van der Waals surface area contributed by atoms with Crippen LogP contribution in [0.3, 0.4) is 0 Å². The van der Waals surface area contributed by atoms with E-state index in [1.54, 1.807) is 6.26 Å². The molecule has 0 spiro atoms. The molecule has 3 nitrogen and oxygen atoms in total. The largest absolute Gasteiger partial charge is 0.467 e. The van der Waals surface area contributed by atoms with Crippen molar-refractivity contribution >= 4 is 5.69 Å². The summed E-state index contributed by atoms with van der Waals surface area (Å²) in [6, 6.07) is 10.5. The van der Waals surface area contributed by atoms with Crippen molar-refractivity contribution in [2.24, 2.45) is 0 Å². The van der Waals surface area contributed by atoms with E-state index in [-0.39, 0.29) is 5.54 Å². The lowest BCUT2D eigenvalue weighted by atomic mass is 10.1. The molecule has 0 saturated carbocycles. The normalized spacial score (nSPS) is 11.7. The molecule has 0 aliphatic carbocycles. The molecule has 0 radical (unpaired) electrons. The lowest BCUT2D eigenvalue weighted by Crippen LogP contribution is -2.35. The molecule has 1 N–H and O–H groups in total. The Morgan fingerprint density at radius 1 is 1.14 bits per heavy atom. The number of rotatable bonds is 5. The lowest BCUT2D eigenvalue weighted by molar-refractivity contribution is 0.419. The predicted octanol–water partition coefficient (Wildman–Crippen LogP) is 4.11. The van der Waals surface area contributed by atoms with Gasteiger partial charge in [-0.05, 0) is 45.4 Å². The maximum Gasteiger partial charge on any atom is 0.127 e. The Morgan fingerprint density at radius 3 is 2.52 bits per heavy atom. The number of nitrogens with zero attached hydrogens (tertiary/aromatic N) is 1. The highest BCUT2D eigenvalue weighted by molar-refractivity contribution is 5.52. The van der Waals surface area contributed by atoms with E-state index in [0.717, 1.165) is 18.8 Å². The van der Waals surface area contributed by atoms with Gasteiger partial charge in [0.15, 0.2) is 0 Å². The summed E-state index contributed by atoms with van der Waals surface area (Å²) in [5.74, 6) is 1.03. The zero-order chi connectivity index (χ0) is 15.5. The lowest BCUT2D eigenvalue weighted by Gasteiger charge is -2.22. The first-order valence-electron chi connectivity index (χ1n) is 7.44. The minimum Gasteiger partial charge on any atom is -0.467 e. The number of furan rings is 1. The van der Waals surface area contributed by atoms with Crippen molar-refractivity contribution in [1.29, 1.82) is 0 Å². The van der Waals surface area contributed by atoms with E-state index in [0.29, 0.717) is 0 Å². The molecule has 1 aromatic carbocycles. The van der Waals surface area contributed by atoms with E-state index < -0.39 is 0 Å². The van der Waals surface area contributed by atoms with E-state index in [2.05, 4.69) is 75.3 Å². The van der Waals surface area contributed by atoms with Crippen LogP contribution in [-0.4, -0.2) is 12.6 Å². The van der Waals surface area contributed by atoms with E-state index in [1.165, 1.54) is 16.8 Å². The van der Waals surface area contributed by atoms with Crippen molar-refractivity contribution < 1.29 is 4.42 Å². The topological polar surface area (TPSA) is 28.4 Å². The van der Waals surface area contributed by atoms with Crippen LogP contribution in [0.25, 0.3) is 0 Å². The van der Waals surface area contributed by atoms with Crippen LogP contribution in [0.2, 0.25) is 0 Å². The second kappa shape index (κ2) is 6.35. The Balaban J connectivity index is 2.07. The molecule has 0 saturated heterocycles. The van der Waals surface area contributed by atoms with Gasteiger partial charge in [-0.3, -0.25) is 0 Å². The molecule has 2 aromatic rings. The van der Waals surface area contributed by atoms with Gasteiger partial charge >= 0.3 is 0 Å². The zero-order valence-electron chi connectivity index (χ0n) is 13.7. The van der Waals surface area contributed by atoms with Crippen LogP contribution in [0.15, 0.2) is 41.0 Å². The monoisotopic (exact) mass is 286 g/mol.